The first kappa shape index (κ1) is 10.3. The molecular formula is C9H9BrN2S2. The van der Waals surface area contributed by atoms with Crippen molar-refractivity contribution in [3.63, 3.8) is 0 Å². The quantitative estimate of drug-likeness (QED) is 0.937. The van der Waals surface area contributed by atoms with Gasteiger partial charge in [-0.1, -0.05) is 0 Å². The zero-order valence-electron chi connectivity index (χ0n) is 7.58. The second-order valence-corrected chi connectivity index (χ2v) is 6.21. The van der Waals surface area contributed by atoms with Gasteiger partial charge in [-0.3, -0.25) is 0 Å². The van der Waals surface area contributed by atoms with E-state index in [1.807, 2.05) is 13.2 Å². The molecule has 2 aromatic heterocycles. The van der Waals surface area contributed by atoms with Gasteiger partial charge in [0.2, 0.25) is 0 Å². The van der Waals surface area contributed by atoms with Crippen LogP contribution in [0.3, 0.4) is 0 Å². The number of hydrogen-bond donors (Lipinski definition) is 1. The maximum Gasteiger partial charge on any atom is 0.124 e. The summed E-state index contributed by atoms with van der Waals surface area (Å²) >= 11 is 6.88. The predicted molar refractivity (Wildman–Crippen MR) is 65.9 cm³/mol. The number of halogens is 1. The predicted octanol–water partition coefficient (Wildman–Crippen LogP) is 3.35. The molecule has 5 heteroatoms. The zero-order valence-corrected chi connectivity index (χ0v) is 10.8. The Morgan fingerprint density at radius 2 is 2.43 bits per heavy atom. The average Bonchev–Trinajstić information content (AvgIpc) is 2.74. The third-order valence-electron chi connectivity index (χ3n) is 1.72. The molecule has 0 aliphatic heterocycles. The van der Waals surface area contributed by atoms with E-state index in [-0.39, 0.29) is 0 Å². The molecule has 0 aliphatic carbocycles. The van der Waals surface area contributed by atoms with Gasteiger partial charge in [-0.2, -0.15) is 0 Å². The lowest BCUT2D eigenvalue weighted by Crippen LogP contribution is -2.02. The summed E-state index contributed by atoms with van der Waals surface area (Å²) in [5.41, 5.74) is 1.20. The second kappa shape index (κ2) is 4.53. The molecule has 2 nitrogen and oxygen atoms in total. The van der Waals surface area contributed by atoms with Gasteiger partial charge in [0.15, 0.2) is 0 Å². The highest BCUT2D eigenvalue weighted by Crippen LogP contribution is 2.31. The van der Waals surface area contributed by atoms with Gasteiger partial charge in [-0.25, -0.2) is 4.98 Å². The molecule has 0 atom stereocenters. The normalized spacial score (nSPS) is 10.7. The number of hydrogen-bond acceptors (Lipinski definition) is 4. The Morgan fingerprint density at radius 1 is 1.57 bits per heavy atom. The number of nitrogens with zero attached hydrogens (tertiary/aromatic N) is 1. The molecule has 0 bridgehead atoms. The van der Waals surface area contributed by atoms with E-state index in [1.54, 1.807) is 22.7 Å². The van der Waals surface area contributed by atoms with Crippen LogP contribution in [0.4, 0.5) is 0 Å². The molecule has 0 saturated carbocycles. The fourth-order valence-electron chi connectivity index (χ4n) is 1.12. The molecule has 0 fully saturated rings. The van der Waals surface area contributed by atoms with Gasteiger partial charge in [-0.15, -0.1) is 22.7 Å². The van der Waals surface area contributed by atoms with Crippen molar-refractivity contribution >= 4 is 38.6 Å². The van der Waals surface area contributed by atoms with Crippen molar-refractivity contribution in [2.24, 2.45) is 0 Å². The van der Waals surface area contributed by atoms with Gasteiger partial charge in [0.1, 0.15) is 5.01 Å². The van der Waals surface area contributed by atoms with Gasteiger partial charge in [-0.05, 0) is 29.0 Å². The van der Waals surface area contributed by atoms with E-state index in [9.17, 15) is 0 Å². The van der Waals surface area contributed by atoms with Crippen LogP contribution in [-0.2, 0) is 6.54 Å². The smallest absolute Gasteiger partial charge is 0.124 e. The van der Waals surface area contributed by atoms with E-state index in [1.165, 1.54) is 10.4 Å². The number of thiophene rings is 1. The molecule has 14 heavy (non-hydrogen) atoms. The van der Waals surface area contributed by atoms with E-state index in [4.69, 9.17) is 0 Å². The molecule has 2 aromatic rings. The highest BCUT2D eigenvalue weighted by atomic mass is 79.9. The van der Waals surface area contributed by atoms with E-state index in [0.717, 1.165) is 15.3 Å². The zero-order chi connectivity index (χ0) is 9.97. The van der Waals surface area contributed by atoms with Crippen molar-refractivity contribution in [2.75, 3.05) is 7.05 Å². The summed E-state index contributed by atoms with van der Waals surface area (Å²) < 4.78 is 1.15. The molecule has 0 radical (unpaired) electrons. The molecule has 1 N–H and O–H groups in total. The summed E-state index contributed by atoms with van der Waals surface area (Å²) in [5.74, 6) is 0. The van der Waals surface area contributed by atoms with Crippen LogP contribution in [0.2, 0.25) is 0 Å². The lowest BCUT2D eigenvalue weighted by atomic mass is 10.4. The molecule has 0 spiro atoms. The first-order valence-corrected chi connectivity index (χ1v) is 6.62. The standard InChI is InChI=1S/C9H9BrN2S2/c1-11-3-7-4-12-9(14-7)6-2-8(10)13-5-6/h2,4-5,11H,3H2,1H3. The lowest BCUT2D eigenvalue weighted by Gasteiger charge is -1.90. The third kappa shape index (κ3) is 2.23. The Balaban J connectivity index is 2.24. The summed E-state index contributed by atoms with van der Waals surface area (Å²) in [6.45, 7) is 0.892. The molecular weight excluding hydrogens is 280 g/mol. The fourth-order valence-corrected chi connectivity index (χ4v) is 3.25. The summed E-state index contributed by atoms with van der Waals surface area (Å²) in [5, 5.41) is 6.33. The Bertz CT molecular complexity index is 422. The number of aromatic nitrogens is 1. The topological polar surface area (TPSA) is 24.9 Å². The number of rotatable bonds is 3. The Kier molecular flexibility index (Phi) is 3.33. The number of thiazole rings is 1. The average molecular weight is 289 g/mol. The van der Waals surface area contributed by atoms with E-state index < -0.39 is 0 Å². The SMILES string of the molecule is CNCc1cnc(-c2csc(Br)c2)s1. The van der Waals surface area contributed by atoms with E-state index >= 15 is 0 Å². The van der Waals surface area contributed by atoms with Gasteiger partial charge >= 0.3 is 0 Å². The third-order valence-corrected chi connectivity index (χ3v) is 4.27. The van der Waals surface area contributed by atoms with Crippen molar-refractivity contribution < 1.29 is 0 Å². The molecule has 0 unspecified atom stereocenters. The lowest BCUT2D eigenvalue weighted by molar-refractivity contribution is 0.829. The van der Waals surface area contributed by atoms with Crippen LogP contribution >= 0.6 is 38.6 Å². The summed E-state index contributed by atoms with van der Waals surface area (Å²) in [4.78, 5) is 5.65. The van der Waals surface area contributed by atoms with Crippen molar-refractivity contribution in [3.05, 3.63) is 26.3 Å². The van der Waals surface area contributed by atoms with Crippen LogP contribution in [-0.4, -0.2) is 12.0 Å². The second-order valence-electron chi connectivity index (χ2n) is 2.80. The molecule has 2 heterocycles. The van der Waals surface area contributed by atoms with Crippen molar-refractivity contribution in [2.45, 2.75) is 6.54 Å². The maximum atomic E-state index is 4.38. The Labute approximate surface area is 99.1 Å². The van der Waals surface area contributed by atoms with Gasteiger partial charge in [0, 0.05) is 28.6 Å². The van der Waals surface area contributed by atoms with Crippen LogP contribution < -0.4 is 5.32 Å². The monoisotopic (exact) mass is 288 g/mol. The minimum Gasteiger partial charge on any atom is -0.315 e. The first-order valence-electron chi connectivity index (χ1n) is 4.13. The minimum absolute atomic E-state index is 0.892. The molecule has 2 rings (SSSR count). The summed E-state index contributed by atoms with van der Waals surface area (Å²) in [6, 6.07) is 2.10. The maximum absolute atomic E-state index is 4.38. The van der Waals surface area contributed by atoms with Crippen LogP contribution in [0.15, 0.2) is 21.4 Å². The minimum atomic E-state index is 0.892. The van der Waals surface area contributed by atoms with Crippen LogP contribution in [0.5, 0.6) is 0 Å². The molecule has 0 aromatic carbocycles. The van der Waals surface area contributed by atoms with Gasteiger partial charge < -0.3 is 5.32 Å². The Hall–Kier alpha value is -0.230. The summed E-state index contributed by atoms with van der Waals surface area (Å²) in [6.07, 6.45) is 1.93. The van der Waals surface area contributed by atoms with E-state index in [2.05, 4.69) is 37.7 Å². The molecule has 0 aliphatic rings. The Morgan fingerprint density at radius 3 is 3.07 bits per heavy atom. The van der Waals surface area contributed by atoms with Crippen LogP contribution in [0, 0.1) is 0 Å². The number of nitrogens with one attached hydrogen (secondary N) is 1. The van der Waals surface area contributed by atoms with Crippen LogP contribution in [0.1, 0.15) is 4.88 Å². The van der Waals surface area contributed by atoms with Gasteiger partial charge in [0.25, 0.3) is 0 Å². The first-order chi connectivity index (χ1) is 6.79. The van der Waals surface area contributed by atoms with Gasteiger partial charge in [0.05, 0.1) is 3.79 Å². The van der Waals surface area contributed by atoms with Crippen molar-refractivity contribution in [1.82, 2.24) is 10.3 Å². The highest BCUT2D eigenvalue weighted by molar-refractivity contribution is 9.11. The van der Waals surface area contributed by atoms with E-state index in [0.29, 0.717) is 0 Å². The fraction of sp³-hybridized carbons (Fsp3) is 0.222. The summed E-state index contributed by atoms with van der Waals surface area (Å²) in [7, 11) is 1.95. The van der Waals surface area contributed by atoms with Crippen molar-refractivity contribution in [1.29, 1.82) is 0 Å². The highest BCUT2D eigenvalue weighted by Gasteiger charge is 2.05. The van der Waals surface area contributed by atoms with Crippen LogP contribution in [0.25, 0.3) is 10.6 Å². The molecule has 74 valence electrons. The largest absolute Gasteiger partial charge is 0.315 e. The van der Waals surface area contributed by atoms with Crippen molar-refractivity contribution in [3.8, 4) is 10.6 Å². The molecule has 0 amide bonds. The molecule has 0 saturated heterocycles.